The van der Waals surface area contributed by atoms with Crippen LogP contribution >= 0.6 is 0 Å². The number of hydrogen-bond acceptors (Lipinski definition) is 5. The molecule has 1 aromatic rings. The van der Waals surface area contributed by atoms with Crippen molar-refractivity contribution < 1.29 is 22.7 Å². The lowest BCUT2D eigenvalue weighted by Crippen LogP contribution is -2.39. The van der Waals surface area contributed by atoms with Crippen LogP contribution in [0.3, 0.4) is 0 Å². The van der Waals surface area contributed by atoms with Crippen LogP contribution in [0.5, 0.6) is 0 Å². The van der Waals surface area contributed by atoms with Gasteiger partial charge in [0.05, 0.1) is 18.1 Å². The molecule has 0 bridgehead atoms. The summed E-state index contributed by atoms with van der Waals surface area (Å²) in [5, 5.41) is 2.63. The number of nitrogens with zero attached hydrogens (tertiary/aromatic N) is 1. The molecule has 1 saturated heterocycles. The number of carbonyl (C=O) groups excluding carboxylic acids is 1. The Hall–Kier alpha value is -1.48. The molecule has 2 rings (SSSR count). The van der Waals surface area contributed by atoms with E-state index in [2.05, 4.69) is 5.32 Å². The van der Waals surface area contributed by atoms with E-state index >= 15 is 0 Å². The van der Waals surface area contributed by atoms with Gasteiger partial charge in [-0.1, -0.05) is 0 Å². The second-order valence-corrected chi connectivity index (χ2v) is 8.06. The molecule has 25 heavy (non-hydrogen) atoms. The molecule has 8 heteroatoms. The molecule has 0 radical (unpaired) electrons. The summed E-state index contributed by atoms with van der Waals surface area (Å²) in [5.41, 5.74) is 0.582. The number of ether oxygens (including phenoxy) is 2. The Labute approximate surface area is 149 Å². The van der Waals surface area contributed by atoms with Gasteiger partial charge in [0, 0.05) is 39.4 Å². The molecule has 0 aromatic heterocycles. The third kappa shape index (κ3) is 5.78. The van der Waals surface area contributed by atoms with E-state index in [4.69, 9.17) is 9.47 Å². The first-order chi connectivity index (χ1) is 11.9. The number of piperidine rings is 1. The molecule has 1 aliphatic rings. The predicted octanol–water partition coefficient (Wildman–Crippen LogP) is 1.71. The fourth-order valence-corrected chi connectivity index (χ4v) is 4.24. The highest BCUT2D eigenvalue weighted by Crippen LogP contribution is 2.24. The SMILES string of the molecule is COCCOCC1CCN(S(=O)(=O)c2ccc(NC(C)=O)cc2)CC1. The summed E-state index contributed by atoms with van der Waals surface area (Å²) < 4.78 is 37.4. The van der Waals surface area contributed by atoms with Gasteiger partial charge in [-0.3, -0.25) is 4.79 Å². The average molecular weight is 370 g/mol. The Morgan fingerprint density at radius 1 is 1.20 bits per heavy atom. The Kier molecular flexibility index (Phi) is 7.37. The van der Waals surface area contributed by atoms with Gasteiger partial charge in [-0.25, -0.2) is 8.42 Å². The van der Waals surface area contributed by atoms with E-state index in [0.717, 1.165) is 12.8 Å². The zero-order valence-electron chi connectivity index (χ0n) is 14.7. The second-order valence-electron chi connectivity index (χ2n) is 6.12. The fourth-order valence-electron chi connectivity index (χ4n) is 2.77. The third-order valence-corrected chi connectivity index (χ3v) is 6.08. The van der Waals surface area contributed by atoms with Crippen molar-refractivity contribution in [2.24, 2.45) is 5.92 Å². The Morgan fingerprint density at radius 2 is 1.84 bits per heavy atom. The zero-order chi connectivity index (χ0) is 18.3. The molecular weight excluding hydrogens is 344 g/mol. The van der Waals surface area contributed by atoms with Gasteiger partial charge in [-0.15, -0.1) is 0 Å². The van der Waals surface area contributed by atoms with Gasteiger partial charge in [0.15, 0.2) is 0 Å². The topological polar surface area (TPSA) is 84.9 Å². The quantitative estimate of drug-likeness (QED) is 0.704. The van der Waals surface area contributed by atoms with Gasteiger partial charge in [0.1, 0.15) is 0 Å². The molecule has 0 aliphatic carbocycles. The number of amides is 1. The van der Waals surface area contributed by atoms with Crippen LogP contribution in [-0.4, -0.2) is 58.7 Å². The van der Waals surface area contributed by atoms with Crippen molar-refractivity contribution in [2.75, 3.05) is 45.3 Å². The summed E-state index contributed by atoms with van der Waals surface area (Å²) in [6, 6.07) is 6.26. The Bertz CT molecular complexity index is 652. The molecule has 140 valence electrons. The van der Waals surface area contributed by atoms with Crippen LogP contribution in [0.15, 0.2) is 29.2 Å². The number of carbonyl (C=O) groups is 1. The van der Waals surface area contributed by atoms with Crippen LogP contribution in [0.2, 0.25) is 0 Å². The van der Waals surface area contributed by atoms with Crippen LogP contribution in [0, 0.1) is 5.92 Å². The maximum atomic E-state index is 12.7. The molecular formula is C17H26N2O5S. The first-order valence-electron chi connectivity index (χ1n) is 8.38. The van der Waals surface area contributed by atoms with Crippen LogP contribution in [-0.2, 0) is 24.3 Å². The van der Waals surface area contributed by atoms with Crippen molar-refractivity contribution in [1.82, 2.24) is 4.31 Å². The van der Waals surface area contributed by atoms with Gasteiger partial charge in [0.2, 0.25) is 15.9 Å². The first-order valence-corrected chi connectivity index (χ1v) is 9.82. The minimum atomic E-state index is -3.50. The Morgan fingerprint density at radius 3 is 2.40 bits per heavy atom. The van der Waals surface area contributed by atoms with E-state index in [1.807, 2.05) is 0 Å². The predicted molar refractivity (Wildman–Crippen MR) is 94.9 cm³/mol. The van der Waals surface area contributed by atoms with E-state index in [1.165, 1.54) is 23.4 Å². The van der Waals surface area contributed by atoms with Crippen molar-refractivity contribution in [3.63, 3.8) is 0 Å². The normalized spacial score (nSPS) is 16.7. The minimum Gasteiger partial charge on any atom is -0.382 e. The lowest BCUT2D eigenvalue weighted by Gasteiger charge is -2.31. The summed E-state index contributed by atoms with van der Waals surface area (Å²) in [6.07, 6.45) is 1.58. The van der Waals surface area contributed by atoms with Gasteiger partial charge in [-0.2, -0.15) is 4.31 Å². The first kappa shape index (κ1) is 19.8. The standard InChI is InChI=1S/C17H26N2O5S/c1-14(20)18-16-3-5-17(6-4-16)25(21,22)19-9-7-15(8-10-19)13-24-12-11-23-2/h3-6,15H,7-13H2,1-2H3,(H,18,20). The van der Waals surface area contributed by atoms with E-state index in [-0.39, 0.29) is 10.8 Å². The van der Waals surface area contributed by atoms with E-state index in [0.29, 0.717) is 44.5 Å². The van der Waals surface area contributed by atoms with Crippen molar-refractivity contribution in [1.29, 1.82) is 0 Å². The maximum absolute atomic E-state index is 12.7. The molecule has 1 N–H and O–H groups in total. The van der Waals surface area contributed by atoms with Crippen LogP contribution in [0.4, 0.5) is 5.69 Å². The second kappa shape index (κ2) is 9.28. The number of methoxy groups -OCH3 is 1. The van der Waals surface area contributed by atoms with Gasteiger partial charge in [0.25, 0.3) is 0 Å². The van der Waals surface area contributed by atoms with E-state index in [1.54, 1.807) is 19.2 Å². The van der Waals surface area contributed by atoms with Gasteiger partial charge in [-0.05, 0) is 43.0 Å². The third-order valence-electron chi connectivity index (χ3n) is 4.17. The number of benzene rings is 1. The lowest BCUT2D eigenvalue weighted by atomic mass is 9.99. The number of sulfonamides is 1. The molecule has 1 aromatic carbocycles. The van der Waals surface area contributed by atoms with Crippen LogP contribution in [0.1, 0.15) is 19.8 Å². The number of anilines is 1. The number of hydrogen-bond donors (Lipinski definition) is 1. The molecule has 1 amide bonds. The highest BCUT2D eigenvalue weighted by Gasteiger charge is 2.29. The average Bonchev–Trinajstić information content (AvgIpc) is 2.59. The van der Waals surface area contributed by atoms with Crippen LogP contribution in [0.25, 0.3) is 0 Å². The van der Waals surface area contributed by atoms with Gasteiger partial charge >= 0.3 is 0 Å². The van der Waals surface area contributed by atoms with Gasteiger partial charge < -0.3 is 14.8 Å². The molecule has 1 aliphatic heterocycles. The molecule has 7 nitrogen and oxygen atoms in total. The molecule has 1 heterocycles. The van der Waals surface area contributed by atoms with E-state index < -0.39 is 10.0 Å². The van der Waals surface area contributed by atoms with Crippen molar-refractivity contribution in [3.05, 3.63) is 24.3 Å². The number of nitrogens with one attached hydrogen (secondary N) is 1. The smallest absolute Gasteiger partial charge is 0.243 e. The van der Waals surface area contributed by atoms with Crippen molar-refractivity contribution in [3.8, 4) is 0 Å². The molecule has 0 spiro atoms. The fraction of sp³-hybridized carbons (Fsp3) is 0.588. The summed E-state index contributed by atoms with van der Waals surface area (Å²) in [6.45, 7) is 4.18. The number of rotatable bonds is 8. The van der Waals surface area contributed by atoms with Crippen LogP contribution < -0.4 is 5.32 Å². The summed E-state index contributed by atoms with van der Waals surface area (Å²) >= 11 is 0. The summed E-state index contributed by atoms with van der Waals surface area (Å²) in [5.74, 6) is 0.191. The molecule has 0 unspecified atom stereocenters. The monoisotopic (exact) mass is 370 g/mol. The van der Waals surface area contributed by atoms with E-state index in [9.17, 15) is 13.2 Å². The summed E-state index contributed by atoms with van der Waals surface area (Å²) in [4.78, 5) is 11.3. The lowest BCUT2D eigenvalue weighted by molar-refractivity contribution is -0.114. The van der Waals surface area contributed by atoms with Crippen molar-refractivity contribution in [2.45, 2.75) is 24.7 Å². The highest BCUT2D eigenvalue weighted by molar-refractivity contribution is 7.89. The van der Waals surface area contributed by atoms with Crippen molar-refractivity contribution >= 4 is 21.6 Å². The molecule has 0 atom stereocenters. The zero-order valence-corrected chi connectivity index (χ0v) is 15.5. The maximum Gasteiger partial charge on any atom is 0.243 e. The molecule has 1 fully saturated rings. The highest BCUT2D eigenvalue weighted by atomic mass is 32.2. The minimum absolute atomic E-state index is 0.189. The summed E-state index contributed by atoms with van der Waals surface area (Å²) in [7, 11) is -1.87. The largest absolute Gasteiger partial charge is 0.382 e. The Balaban J connectivity index is 1.89. The molecule has 0 saturated carbocycles.